The molecule has 5 rings (SSSR count). The Bertz CT molecular complexity index is 549. The Kier molecular flexibility index (Phi) is 4.37. The van der Waals surface area contributed by atoms with E-state index in [-0.39, 0.29) is 23.0 Å². The third kappa shape index (κ3) is 3.11. The van der Waals surface area contributed by atoms with Crippen LogP contribution < -0.4 is 5.32 Å². The molecule has 0 aromatic heterocycles. The van der Waals surface area contributed by atoms with Crippen LogP contribution in [0.25, 0.3) is 0 Å². The van der Waals surface area contributed by atoms with Gasteiger partial charge in [-0.25, -0.2) is 4.79 Å². The Morgan fingerprint density at radius 1 is 1.12 bits per heavy atom. The number of carbonyl (C=O) groups excluding carboxylic acids is 3. The van der Waals surface area contributed by atoms with Crippen molar-refractivity contribution in [2.75, 3.05) is 7.11 Å². The highest BCUT2D eigenvalue weighted by Gasteiger charge is 2.55. The van der Waals surface area contributed by atoms with Crippen LogP contribution in [0.3, 0.4) is 0 Å². The van der Waals surface area contributed by atoms with Crippen molar-refractivity contribution in [3.63, 3.8) is 0 Å². The van der Waals surface area contributed by atoms with Crippen LogP contribution in [0.2, 0.25) is 0 Å². The molecule has 5 fully saturated rings. The first-order chi connectivity index (χ1) is 12.0. The molecule has 0 heterocycles. The van der Waals surface area contributed by atoms with Crippen LogP contribution in [0.4, 0.5) is 0 Å². The van der Waals surface area contributed by atoms with E-state index in [1.54, 1.807) is 0 Å². The van der Waals surface area contributed by atoms with Crippen LogP contribution in [0, 0.1) is 29.1 Å². The predicted octanol–water partition coefficient (Wildman–Crippen LogP) is 2.62. The molecule has 0 saturated heterocycles. The molecule has 2 atom stereocenters. The molecule has 5 heteroatoms. The number of ether oxygens (including phenoxy) is 1. The first-order valence-corrected chi connectivity index (χ1v) is 9.89. The van der Waals surface area contributed by atoms with Crippen molar-refractivity contribution in [3.05, 3.63) is 0 Å². The Hall–Kier alpha value is -1.39. The largest absolute Gasteiger partial charge is 0.467 e. The molecular weight excluding hydrogens is 318 g/mol. The quantitative estimate of drug-likeness (QED) is 0.794. The molecule has 0 aromatic rings. The number of hydrogen-bond donors (Lipinski definition) is 1. The van der Waals surface area contributed by atoms with Crippen LogP contribution in [0.5, 0.6) is 0 Å². The zero-order valence-electron chi connectivity index (χ0n) is 15.1. The standard InChI is InChI=1S/C20H29NO4/c1-25-18(23)17(15-3-2-4-16(22)8-15)21-19(24)20-9-12-5-13(10-20)7-14(6-12)11-20/h12-15,17H,2-11H2,1H3,(H,21,24)/t12?,13?,14?,15-,17-,20?/m0/s1. The van der Waals surface area contributed by atoms with Crippen molar-refractivity contribution in [1.29, 1.82) is 0 Å². The van der Waals surface area contributed by atoms with E-state index in [4.69, 9.17) is 4.74 Å². The molecule has 0 aliphatic heterocycles. The van der Waals surface area contributed by atoms with E-state index in [1.807, 2.05) is 0 Å². The van der Waals surface area contributed by atoms with Gasteiger partial charge >= 0.3 is 5.97 Å². The van der Waals surface area contributed by atoms with E-state index in [0.29, 0.717) is 30.6 Å². The maximum atomic E-state index is 13.2. The summed E-state index contributed by atoms with van der Waals surface area (Å²) in [4.78, 5) is 37.4. The van der Waals surface area contributed by atoms with E-state index in [9.17, 15) is 14.4 Å². The number of carbonyl (C=O) groups is 3. The topological polar surface area (TPSA) is 72.5 Å². The van der Waals surface area contributed by atoms with Crippen LogP contribution >= 0.6 is 0 Å². The van der Waals surface area contributed by atoms with E-state index in [0.717, 1.165) is 32.1 Å². The number of methoxy groups -OCH3 is 1. The SMILES string of the molecule is COC(=O)[C@@H](NC(=O)C12CC3CC(CC(C3)C1)C2)[C@H]1CCCC(=O)C1. The number of ketones is 1. The van der Waals surface area contributed by atoms with Crippen LogP contribution in [0.15, 0.2) is 0 Å². The van der Waals surface area contributed by atoms with Crippen molar-refractivity contribution in [2.45, 2.75) is 70.3 Å². The van der Waals surface area contributed by atoms with E-state index >= 15 is 0 Å². The van der Waals surface area contributed by atoms with E-state index in [1.165, 1.54) is 26.4 Å². The van der Waals surface area contributed by atoms with Gasteiger partial charge in [0.1, 0.15) is 11.8 Å². The highest BCUT2D eigenvalue weighted by molar-refractivity contribution is 5.89. The summed E-state index contributed by atoms with van der Waals surface area (Å²) in [7, 11) is 1.36. The summed E-state index contributed by atoms with van der Waals surface area (Å²) >= 11 is 0. The first kappa shape index (κ1) is 17.0. The van der Waals surface area contributed by atoms with Crippen molar-refractivity contribution in [1.82, 2.24) is 5.32 Å². The van der Waals surface area contributed by atoms with Gasteiger partial charge in [0.05, 0.1) is 7.11 Å². The minimum Gasteiger partial charge on any atom is -0.467 e. The van der Waals surface area contributed by atoms with Crippen LogP contribution in [-0.4, -0.2) is 30.8 Å². The molecule has 138 valence electrons. The average Bonchev–Trinajstić information content (AvgIpc) is 2.57. The van der Waals surface area contributed by atoms with Crippen molar-refractivity contribution in [2.24, 2.45) is 29.1 Å². The molecule has 5 aliphatic carbocycles. The van der Waals surface area contributed by atoms with Gasteiger partial charge in [0.15, 0.2) is 0 Å². The summed E-state index contributed by atoms with van der Waals surface area (Å²) in [6, 6.07) is -0.672. The number of esters is 1. The maximum Gasteiger partial charge on any atom is 0.328 e. The van der Waals surface area contributed by atoms with E-state index < -0.39 is 12.0 Å². The second kappa shape index (κ2) is 6.40. The predicted molar refractivity (Wildman–Crippen MR) is 91.5 cm³/mol. The fourth-order valence-electron chi connectivity index (χ4n) is 6.52. The summed E-state index contributed by atoms with van der Waals surface area (Å²) in [6.45, 7) is 0. The lowest BCUT2D eigenvalue weighted by Crippen LogP contribution is -2.58. The van der Waals surface area contributed by atoms with Crippen molar-refractivity contribution >= 4 is 17.7 Å². The second-order valence-electron chi connectivity index (χ2n) is 9.07. The first-order valence-electron chi connectivity index (χ1n) is 9.89. The minimum absolute atomic E-state index is 0.0417. The van der Waals surface area contributed by atoms with Gasteiger partial charge < -0.3 is 10.1 Å². The molecular formula is C20H29NO4. The van der Waals surface area contributed by atoms with Crippen LogP contribution in [-0.2, 0) is 19.1 Å². The summed E-state index contributed by atoms with van der Waals surface area (Å²) in [5.74, 6) is 1.76. The fraction of sp³-hybridized carbons (Fsp3) is 0.850. The van der Waals surface area contributed by atoms with Crippen molar-refractivity contribution in [3.8, 4) is 0 Å². The monoisotopic (exact) mass is 347 g/mol. The summed E-state index contributed by atoms with van der Waals surface area (Å²) < 4.78 is 4.96. The molecule has 0 aromatic carbocycles. The van der Waals surface area contributed by atoms with Gasteiger partial charge in [-0.3, -0.25) is 9.59 Å². The number of amides is 1. The molecule has 4 bridgehead atoms. The van der Waals surface area contributed by atoms with E-state index in [2.05, 4.69) is 5.32 Å². The van der Waals surface area contributed by atoms with Crippen molar-refractivity contribution < 1.29 is 19.1 Å². The molecule has 0 radical (unpaired) electrons. The zero-order valence-corrected chi connectivity index (χ0v) is 15.1. The Morgan fingerprint density at radius 3 is 2.24 bits per heavy atom. The molecule has 25 heavy (non-hydrogen) atoms. The number of rotatable bonds is 4. The smallest absolute Gasteiger partial charge is 0.328 e. The van der Waals surface area contributed by atoms with Gasteiger partial charge in [-0.15, -0.1) is 0 Å². The number of nitrogens with one attached hydrogen (secondary N) is 1. The minimum atomic E-state index is -0.672. The van der Waals surface area contributed by atoms with Gasteiger partial charge in [0.25, 0.3) is 0 Å². The lowest BCUT2D eigenvalue weighted by molar-refractivity contribution is -0.154. The highest BCUT2D eigenvalue weighted by atomic mass is 16.5. The molecule has 5 aliphatic rings. The Balaban J connectivity index is 1.50. The van der Waals surface area contributed by atoms with Gasteiger partial charge in [0.2, 0.25) is 5.91 Å². The zero-order chi connectivity index (χ0) is 17.6. The number of Topliss-reactive ketones (excluding diaryl/α,β-unsaturated/α-hetero) is 1. The molecule has 0 unspecified atom stereocenters. The van der Waals surface area contributed by atoms with Gasteiger partial charge in [0, 0.05) is 18.3 Å². The molecule has 5 nitrogen and oxygen atoms in total. The van der Waals surface area contributed by atoms with Gasteiger partial charge in [-0.1, -0.05) is 0 Å². The van der Waals surface area contributed by atoms with Crippen LogP contribution in [0.1, 0.15) is 64.2 Å². The molecule has 5 saturated carbocycles. The Labute approximate surface area is 149 Å². The fourth-order valence-corrected chi connectivity index (χ4v) is 6.52. The number of hydrogen-bond acceptors (Lipinski definition) is 4. The highest BCUT2D eigenvalue weighted by Crippen LogP contribution is 2.60. The summed E-state index contributed by atoms with van der Waals surface area (Å²) in [6.07, 6.45) is 9.33. The molecule has 0 spiro atoms. The normalized spacial score (nSPS) is 40.6. The molecule has 1 N–H and O–H groups in total. The van der Waals surface area contributed by atoms with Gasteiger partial charge in [-0.2, -0.15) is 0 Å². The molecule has 1 amide bonds. The Morgan fingerprint density at radius 2 is 1.72 bits per heavy atom. The third-order valence-corrected chi connectivity index (χ3v) is 7.25. The lowest BCUT2D eigenvalue weighted by atomic mass is 9.49. The lowest BCUT2D eigenvalue weighted by Gasteiger charge is -2.55. The maximum absolute atomic E-state index is 13.2. The second-order valence-corrected chi connectivity index (χ2v) is 9.07. The third-order valence-electron chi connectivity index (χ3n) is 7.25. The average molecular weight is 347 g/mol. The van der Waals surface area contributed by atoms with Gasteiger partial charge in [-0.05, 0) is 75.0 Å². The summed E-state index contributed by atoms with van der Waals surface area (Å²) in [5, 5.41) is 3.05. The summed E-state index contributed by atoms with van der Waals surface area (Å²) in [5.41, 5.74) is -0.278.